The summed E-state index contributed by atoms with van der Waals surface area (Å²) in [6, 6.07) is 5.33. The first-order valence-corrected chi connectivity index (χ1v) is 10.1. The van der Waals surface area contributed by atoms with Crippen LogP contribution in [0.1, 0.15) is 21.7 Å². The van der Waals surface area contributed by atoms with Gasteiger partial charge in [0.15, 0.2) is 11.8 Å². The van der Waals surface area contributed by atoms with Gasteiger partial charge in [0.2, 0.25) is 0 Å². The summed E-state index contributed by atoms with van der Waals surface area (Å²) in [6.45, 7) is -0.0000170. The average molecular weight is 494 g/mol. The van der Waals surface area contributed by atoms with Crippen LogP contribution in [-0.2, 0) is 4.79 Å². The van der Waals surface area contributed by atoms with Crippen molar-refractivity contribution < 1.29 is 41.0 Å². The largest absolute Gasteiger partial charge is 0.490 e. The summed E-state index contributed by atoms with van der Waals surface area (Å²) >= 11 is 1.28. The van der Waals surface area contributed by atoms with E-state index in [1.54, 1.807) is 17.5 Å². The molecule has 1 saturated heterocycles. The molecule has 7 nitrogen and oxygen atoms in total. The SMILES string of the molecule is NC1=N[C@]2(CCN(C(=O)c3cccs3)C[C@@H]2F)Nc2c(F)ccc(F)c21.O=C(O)C(F)(F)F. The molecule has 14 heteroatoms. The third-order valence-electron chi connectivity index (χ3n) is 4.94. The van der Waals surface area contributed by atoms with Gasteiger partial charge in [0.1, 0.15) is 17.5 Å². The van der Waals surface area contributed by atoms with Crippen molar-refractivity contribution in [3.8, 4) is 0 Å². The van der Waals surface area contributed by atoms with Gasteiger partial charge in [0.25, 0.3) is 5.91 Å². The number of hydrogen-bond acceptors (Lipinski definition) is 6. The number of aliphatic carboxylic acids is 1. The molecule has 1 fully saturated rings. The highest BCUT2D eigenvalue weighted by atomic mass is 32.1. The smallest absolute Gasteiger partial charge is 0.475 e. The topological polar surface area (TPSA) is 108 Å². The second-order valence-electron chi connectivity index (χ2n) is 7.07. The van der Waals surface area contributed by atoms with E-state index in [-0.39, 0.29) is 42.5 Å². The number of carbonyl (C=O) groups excluding carboxylic acids is 1. The van der Waals surface area contributed by atoms with Crippen molar-refractivity contribution in [2.45, 2.75) is 24.4 Å². The van der Waals surface area contributed by atoms with Crippen LogP contribution in [0.3, 0.4) is 0 Å². The van der Waals surface area contributed by atoms with E-state index in [9.17, 15) is 26.7 Å². The Morgan fingerprint density at radius 1 is 1.24 bits per heavy atom. The van der Waals surface area contributed by atoms with Crippen molar-refractivity contribution in [1.29, 1.82) is 0 Å². The number of thiophene rings is 1. The van der Waals surface area contributed by atoms with Crippen LogP contribution in [0, 0.1) is 11.6 Å². The van der Waals surface area contributed by atoms with Gasteiger partial charge in [-0.2, -0.15) is 13.2 Å². The van der Waals surface area contributed by atoms with Crippen LogP contribution in [0.25, 0.3) is 0 Å². The molecule has 4 N–H and O–H groups in total. The van der Waals surface area contributed by atoms with Crippen molar-refractivity contribution in [3.63, 3.8) is 0 Å². The molecule has 33 heavy (non-hydrogen) atoms. The number of amides is 1. The van der Waals surface area contributed by atoms with E-state index in [4.69, 9.17) is 15.6 Å². The number of amidine groups is 1. The molecule has 178 valence electrons. The number of carboxylic acid groups (broad SMARTS) is 1. The minimum absolute atomic E-state index is 0.0847. The van der Waals surface area contributed by atoms with E-state index in [1.165, 1.54) is 16.2 Å². The first kappa shape index (κ1) is 24.4. The number of fused-ring (bicyclic) bond motifs is 1. The number of benzene rings is 1. The van der Waals surface area contributed by atoms with Crippen LogP contribution < -0.4 is 11.1 Å². The highest BCUT2D eigenvalue weighted by molar-refractivity contribution is 7.12. The Labute approximate surface area is 186 Å². The number of nitrogens with one attached hydrogen (secondary N) is 1. The van der Waals surface area contributed by atoms with Crippen molar-refractivity contribution in [2.24, 2.45) is 10.7 Å². The minimum Gasteiger partial charge on any atom is -0.475 e. The van der Waals surface area contributed by atoms with Crippen molar-refractivity contribution in [3.05, 3.63) is 51.7 Å². The molecule has 2 atom stereocenters. The number of piperidine rings is 1. The van der Waals surface area contributed by atoms with E-state index in [1.807, 2.05) is 0 Å². The number of halogens is 6. The monoisotopic (exact) mass is 494 g/mol. The molecular formula is C19H16F6N4O3S. The van der Waals surface area contributed by atoms with E-state index in [0.717, 1.165) is 12.1 Å². The maximum atomic E-state index is 15.0. The van der Waals surface area contributed by atoms with Gasteiger partial charge in [0, 0.05) is 13.0 Å². The fraction of sp³-hybridized carbons (Fsp3) is 0.316. The van der Waals surface area contributed by atoms with Crippen LogP contribution >= 0.6 is 11.3 Å². The second-order valence-corrected chi connectivity index (χ2v) is 8.02. The molecule has 0 radical (unpaired) electrons. The molecule has 2 aliphatic heterocycles. The molecule has 1 aromatic heterocycles. The van der Waals surface area contributed by atoms with E-state index < -0.39 is 35.6 Å². The number of alkyl halides is 4. The molecule has 1 amide bonds. The number of likely N-dealkylation sites (tertiary alicyclic amines) is 1. The maximum Gasteiger partial charge on any atom is 0.490 e. The molecule has 2 aliphatic rings. The lowest BCUT2D eigenvalue weighted by molar-refractivity contribution is -0.192. The van der Waals surface area contributed by atoms with Crippen LogP contribution in [0.5, 0.6) is 0 Å². The number of anilines is 1. The Morgan fingerprint density at radius 2 is 1.88 bits per heavy atom. The summed E-state index contributed by atoms with van der Waals surface area (Å²) in [5.74, 6) is -4.74. The highest BCUT2D eigenvalue weighted by Crippen LogP contribution is 2.38. The Morgan fingerprint density at radius 3 is 2.42 bits per heavy atom. The Bertz CT molecular complexity index is 1090. The van der Waals surface area contributed by atoms with E-state index in [2.05, 4.69) is 10.3 Å². The summed E-state index contributed by atoms with van der Waals surface area (Å²) in [5, 5.41) is 11.6. The second kappa shape index (κ2) is 8.92. The Hall–Kier alpha value is -3.29. The lowest BCUT2D eigenvalue weighted by atomic mass is 9.91. The predicted octanol–water partition coefficient (Wildman–Crippen LogP) is 3.37. The fourth-order valence-electron chi connectivity index (χ4n) is 3.34. The molecule has 0 bridgehead atoms. The van der Waals surface area contributed by atoms with Crippen molar-refractivity contribution in [2.75, 3.05) is 18.4 Å². The molecule has 4 rings (SSSR count). The summed E-state index contributed by atoms with van der Waals surface area (Å²) in [7, 11) is 0. The number of rotatable bonds is 1. The van der Waals surface area contributed by atoms with Gasteiger partial charge in [0.05, 0.1) is 22.7 Å². The van der Waals surface area contributed by atoms with Crippen LogP contribution in [0.4, 0.5) is 32.0 Å². The standard InChI is InChI=1S/C17H15F3N4OS.C2HF3O2/c18-9-3-4-10(19)14-13(9)15(21)23-17(22-14)5-6-24(8-12(17)20)16(25)11-2-1-7-26-11;3-2(4,5)1(6)7/h1-4,7,12,22H,5-6,8H2,(H2,21,23);(H,6,7)/t12-,17-;/m0./s1. The molecule has 0 aliphatic carbocycles. The predicted molar refractivity (Wildman–Crippen MR) is 107 cm³/mol. The number of carboxylic acids is 1. The number of aliphatic imine (C=N–C) groups is 1. The lowest BCUT2D eigenvalue weighted by Crippen LogP contribution is -2.60. The number of hydrogen-bond donors (Lipinski definition) is 3. The first-order chi connectivity index (χ1) is 15.4. The molecular weight excluding hydrogens is 478 g/mol. The first-order valence-electron chi connectivity index (χ1n) is 9.24. The quantitative estimate of drug-likeness (QED) is 0.527. The van der Waals surface area contributed by atoms with Gasteiger partial charge in [-0.25, -0.2) is 23.0 Å². The summed E-state index contributed by atoms with van der Waals surface area (Å²) in [6.07, 6.45) is -6.63. The van der Waals surface area contributed by atoms with Gasteiger partial charge in [-0.05, 0) is 23.6 Å². The number of nitrogens with zero attached hydrogens (tertiary/aromatic N) is 2. The summed E-state index contributed by atoms with van der Waals surface area (Å²) < 4.78 is 74.9. The Balaban J connectivity index is 0.000000383. The van der Waals surface area contributed by atoms with E-state index in [0.29, 0.717) is 4.88 Å². The molecule has 2 aromatic rings. The third-order valence-corrected chi connectivity index (χ3v) is 5.80. The molecule has 3 heterocycles. The Kier molecular flexibility index (Phi) is 6.58. The highest BCUT2D eigenvalue weighted by Gasteiger charge is 2.48. The van der Waals surface area contributed by atoms with Crippen LogP contribution in [0.2, 0.25) is 0 Å². The lowest BCUT2D eigenvalue weighted by Gasteiger charge is -2.44. The van der Waals surface area contributed by atoms with E-state index >= 15 is 4.39 Å². The fourth-order valence-corrected chi connectivity index (χ4v) is 4.04. The normalized spacial score (nSPS) is 21.9. The zero-order chi connectivity index (χ0) is 24.6. The number of carbonyl (C=O) groups is 2. The van der Waals surface area contributed by atoms with Gasteiger partial charge in [-0.1, -0.05) is 6.07 Å². The average Bonchev–Trinajstić information content (AvgIpc) is 3.27. The zero-order valence-electron chi connectivity index (χ0n) is 16.5. The van der Waals surface area contributed by atoms with Crippen molar-refractivity contribution >= 4 is 34.7 Å². The van der Waals surface area contributed by atoms with Gasteiger partial charge in [-0.3, -0.25) is 4.79 Å². The minimum atomic E-state index is -5.08. The van der Waals surface area contributed by atoms with Crippen molar-refractivity contribution in [1.82, 2.24) is 4.90 Å². The maximum absolute atomic E-state index is 15.0. The van der Waals surface area contributed by atoms with Gasteiger partial charge in [-0.15, -0.1) is 11.3 Å². The summed E-state index contributed by atoms with van der Waals surface area (Å²) in [4.78, 5) is 27.3. The number of nitrogens with two attached hydrogens (primary N) is 1. The van der Waals surface area contributed by atoms with Gasteiger partial charge < -0.3 is 21.1 Å². The van der Waals surface area contributed by atoms with Crippen LogP contribution in [-0.4, -0.2) is 58.8 Å². The molecule has 0 unspecified atom stereocenters. The van der Waals surface area contributed by atoms with Gasteiger partial charge >= 0.3 is 12.1 Å². The zero-order valence-corrected chi connectivity index (χ0v) is 17.3. The molecule has 1 aromatic carbocycles. The summed E-state index contributed by atoms with van der Waals surface area (Å²) in [5.41, 5.74) is 3.91. The van der Waals surface area contributed by atoms with Crippen LogP contribution in [0.15, 0.2) is 34.6 Å². The molecule has 1 spiro atoms. The third kappa shape index (κ3) is 4.89. The molecule has 0 saturated carbocycles.